The van der Waals surface area contributed by atoms with Gasteiger partial charge in [-0.2, -0.15) is 0 Å². The Labute approximate surface area is 56.2 Å². The molecule has 1 rings (SSSR count). The molecule has 0 heterocycles. The zero-order chi connectivity index (χ0) is 6.04. The van der Waals surface area contributed by atoms with Gasteiger partial charge in [-0.15, -0.1) is 11.6 Å². The van der Waals surface area contributed by atoms with E-state index in [1.807, 2.05) is 0 Å². The molecule has 0 saturated heterocycles. The van der Waals surface area contributed by atoms with Gasteiger partial charge >= 0.3 is 0 Å². The maximum atomic E-state index is 6.10. The van der Waals surface area contributed by atoms with Gasteiger partial charge in [0.05, 0.1) is 0 Å². The molecule has 0 aliphatic heterocycles. The van der Waals surface area contributed by atoms with Gasteiger partial charge in [-0.05, 0) is 25.7 Å². The number of hydrogen-bond donors (Lipinski definition) is 0. The predicted molar refractivity (Wildman–Crippen MR) is 37.0 cm³/mol. The van der Waals surface area contributed by atoms with Crippen molar-refractivity contribution in [1.82, 2.24) is 0 Å². The predicted octanol–water partition coefficient (Wildman–Crippen LogP) is 2.76. The van der Waals surface area contributed by atoms with Gasteiger partial charge in [0, 0.05) is 4.87 Å². The monoisotopic (exact) mass is 131 g/mol. The maximum absolute atomic E-state index is 6.10. The van der Waals surface area contributed by atoms with Crippen LogP contribution in [-0.4, -0.2) is 4.87 Å². The first-order chi connectivity index (χ1) is 3.77. The van der Waals surface area contributed by atoms with Crippen molar-refractivity contribution < 1.29 is 0 Å². The molecule has 0 bridgehead atoms. The van der Waals surface area contributed by atoms with Crippen LogP contribution in [0.4, 0.5) is 0 Å². The van der Waals surface area contributed by atoms with E-state index in [1.54, 1.807) is 0 Å². The van der Waals surface area contributed by atoms with Crippen molar-refractivity contribution in [3.05, 3.63) is 6.42 Å². The lowest BCUT2D eigenvalue weighted by atomic mass is 10.1. The summed E-state index contributed by atoms with van der Waals surface area (Å²) < 4.78 is 0. The van der Waals surface area contributed by atoms with Gasteiger partial charge in [0.15, 0.2) is 0 Å². The van der Waals surface area contributed by atoms with E-state index in [1.165, 1.54) is 19.3 Å². The summed E-state index contributed by atoms with van der Waals surface area (Å²) in [5, 5.41) is 0. The highest BCUT2D eigenvalue weighted by atomic mass is 35.5. The van der Waals surface area contributed by atoms with Crippen LogP contribution in [-0.2, 0) is 0 Å². The fraction of sp³-hybridized carbons (Fsp3) is 0.857. The summed E-state index contributed by atoms with van der Waals surface area (Å²) in [7, 11) is 0. The largest absolute Gasteiger partial charge is 0.119 e. The fourth-order valence-corrected chi connectivity index (χ4v) is 1.42. The molecule has 1 radical (unpaired) electrons. The molecule has 0 aromatic carbocycles. The summed E-state index contributed by atoms with van der Waals surface area (Å²) >= 11 is 6.10. The molecule has 1 unspecified atom stereocenters. The topological polar surface area (TPSA) is 0 Å². The van der Waals surface area contributed by atoms with Gasteiger partial charge in [0.2, 0.25) is 0 Å². The summed E-state index contributed by atoms with van der Waals surface area (Å²) in [6, 6.07) is 0. The van der Waals surface area contributed by atoms with Crippen molar-refractivity contribution in [2.24, 2.45) is 0 Å². The molecule has 0 spiro atoms. The van der Waals surface area contributed by atoms with Crippen LogP contribution in [0.5, 0.6) is 0 Å². The molecule has 1 aliphatic carbocycles. The Morgan fingerprint density at radius 2 is 2.50 bits per heavy atom. The lowest BCUT2D eigenvalue weighted by molar-refractivity contribution is 0.643. The number of alkyl halides is 1. The Kier molecular flexibility index (Phi) is 1.81. The third kappa shape index (κ3) is 1.17. The van der Waals surface area contributed by atoms with Crippen LogP contribution in [0.2, 0.25) is 0 Å². The Morgan fingerprint density at radius 1 is 1.75 bits per heavy atom. The zero-order valence-corrected chi connectivity index (χ0v) is 6.04. The molecule has 1 heteroatoms. The summed E-state index contributed by atoms with van der Waals surface area (Å²) in [6.45, 7) is 2.15. The van der Waals surface area contributed by atoms with Gasteiger partial charge in [-0.25, -0.2) is 0 Å². The maximum Gasteiger partial charge on any atom is 0.0475 e. The van der Waals surface area contributed by atoms with Crippen molar-refractivity contribution in [3.63, 3.8) is 0 Å². The Balaban J connectivity index is 2.40. The van der Waals surface area contributed by atoms with Crippen LogP contribution < -0.4 is 0 Å². The van der Waals surface area contributed by atoms with Crippen LogP contribution in [0.25, 0.3) is 0 Å². The van der Waals surface area contributed by atoms with E-state index in [-0.39, 0.29) is 4.87 Å². The molecule has 0 aromatic heterocycles. The molecule has 1 fully saturated rings. The van der Waals surface area contributed by atoms with Crippen LogP contribution in [0.1, 0.15) is 32.6 Å². The van der Waals surface area contributed by atoms with Gasteiger partial charge in [0.25, 0.3) is 0 Å². The molecular formula is C7H12Cl. The lowest BCUT2D eigenvalue weighted by Crippen LogP contribution is -2.13. The molecule has 1 saturated carbocycles. The van der Waals surface area contributed by atoms with Crippen molar-refractivity contribution in [1.29, 1.82) is 0 Å². The first kappa shape index (κ1) is 6.41. The minimum absolute atomic E-state index is 0.0833. The summed E-state index contributed by atoms with van der Waals surface area (Å²) in [5.74, 6) is 0. The average molecular weight is 132 g/mol. The standard InChI is InChI=1S/C7H12Cl/c1-2-7(8)5-3-4-6-7/h5H,2-4,6H2,1H3. The van der Waals surface area contributed by atoms with E-state index >= 15 is 0 Å². The molecule has 47 valence electrons. The quantitative estimate of drug-likeness (QED) is 0.480. The smallest absolute Gasteiger partial charge is 0.0475 e. The fourth-order valence-electron chi connectivity index (χ4n) is 1.18. The van der Waals surface area contributed by atoms with Crippen molar-refractivity contribution >= 4 is 11.6 Å². The van der Waals surface area contributed by atoms with E-state index < -0.39 is 0 Å². The van der Waals surface area contributed by atoms with E-state index in [2.05, 4.69) is 13.3 Å². The Morgan fingerprint density at radius 3 is 2.75 bits per heavy atom. The average Bonchev–Trinajstić information content (AvgIpc) is 2.17. The molecule has 1 aliphatic rings. The SMILES string of the molecule is CCC1(Cl)[CH]CCC1. The van der Waals surface area contributed by atoms with Gasteiger partial charge in [-0.3, -0.25) is 0 Å². The molecule has 0 nitrogen and oxygen atoms in total. The first-order valence-electron chi connectivity index (χ1n) is 3.30. The molecule has 0 amide bonds. The minimum Gasteiger partial charge on any atom is -0.119 e. The summed E-state index contributed by atoms with van der Waals surface area (Å²) in [4.78, 5) is 0.0833. The number of rotatable bonds is 1. The number of hydrogen-bond acceptors (Lipinski definition) is 0. The molecule has 0 aromatic rings. The van der Waals surface area contributed by atoms with E-state index in [9.17, 15) is 0 Å². The Bertz CT molecular complexity index is 72.5. The minimum atomic E-state index is 0.0833. The zero-order valence-electron chi connectivity index (χ0n) is 5.28. The summed E-state index contributed by atoms with van der Waals surface area (Å²) in [5.41, 5.74) is 0. The molecule has 0 N–H and O–H groups in total. The van der Waals surface area contributed by atoms with Crippen molar-refractivity contribution in [3.8, 4) is 0 Å². The second kappa shape index (κ2) is 2.26. The third-order valence-electron chi connectivity index (χ3n) is 1.89. The second-order valence-corrected chi connectivity index (χ2v) is 3.24. The lowest BCUT2D eigenvalue weighted by Gasteiger charge is -2.16. The molecule has 1 atom stereocenters. The van der Waals surface area contributed by atoms with Crippen LogP contribution in [0.15, 0.2) is 0 Å². The Hall–Kier alpha value is 0.290. The summed E-state index contributed by atoms with van der Waals surface area (Å²) in [6.07, 6.45) is 7.03. The number of halogens is 1. The highest BCUT2D eigenvalue weighted by Gasteiger charge is 2.28. The first-order valence-corrected chi connectivity index (χ1v) is 3.68. The van der Waals surface area contributed by atoms with Crippen LogP contribution >= 0.6 is 11.6 Å². The van der Waals surface area contributed by atoms with Crippen molar-refractivity contribution in [2.45, 2.75) is 37.5 Å². The van der Waals surface area contributed by atoms with Gasteiger partial charge < -0.3 is 0 Å². The third-order valence-corrected chi connectivity index (χ3v) is 2.50. The highest BCUT2D eigenvalue weighted by Crippen LogP contribution is 2.37. The van der Waals surface area contributed by atoms with Crippen LogP contribution in [0.3, 0.4) is 0 Å². The van der Waals surface area contributed by atoms with Gasteiger partial charge in [0.1, 0.15) is 0 Å². The van der Waals surface area contributed by atoms with Crippen LogP contribution in [0, 0.1) is 6.42 Å². The molecule has 8 heavy (non-hydrogen) atoms. The highest BCUT2D eigenvalue weighted by molar-refractivity contribution is 6.25. The normalized spacial score (nSPS) is 26.2. The van der Waals surface area contributed by atoms with E-state index in [0.29, 0.717) is 0 Å². The van der Waals surface area contributed by atoms with Crippen molar-refractivity contribution in [2.75, 3.05) is 0 Å². The van der Waals surface area contributed by atoms with E-state index in [0.717, 1.165) is 6.42 Å². The van der Waals surface area contributed by atoms with Gasteiger partial charge in [-0.1, -0.05) is 13.3 Å². The second-order valence-electron chi connectivity index (χ2n) is 2.48. The molecular weight excluding hydrogens is 120 g/mol. The van der Waals surface area contributed by atoms with E-state index in [4.69, 9.17) is 11.6 Å².